The Balaban J connectivity index is 2.15. The maximum atomic E-state index is 12.6. The SMILES string of the molecule is CCOc1cc(C=CC(=O)N(Cc2cnn(C)c2)C(C)C)ccc1OC(F)F. The summed E-state index contributed by atoms with van der Waals surface area (Å²) >= 11 is 0. The van der Waals surface area contributed by atoms with Crippen molar-refractivity contribution in [2.75, 3.05) is 6.61 Å². The van der Waals surface area contributed by atoms with E-state index in [1.54, 1.807) is 40.9 Å². The van der Waals surface area contributed by atoms with Crippen LogP contribution in [0.1, 0.15) is 31.9 Å². The smallest absolute Gasteiger partial charge is 0.387 e. The highest BCUT2D eigenvalue weighted by Gasteiger charge is 2.16. The summed E-state index contributed by atoms with van der Waals surface area (Å²) in [4.78, 5) is 14.4. The van der Waals surface area contributed by atoms with E-state index in [-0.39, 0.29) is 23.4 Å². The summed E-state index contributed by atoms with van der Waals surface area (Å²) in [7, 11) is 1.82. The van der Waals surface area contributed by atoms with Gasteiger partial charge < -0.3 is 14.4 Å². The van der Waals surface area contributed by atoms with Crippen molar-refractivity contribution in [3.05, 3.63) is 47.8 Å². The number of hydrogen-bond acceptors (Lipinski definition) is 4. The molecule has 1 aromatic heterocycles. The van der Waals surface area contributed by atoms with E-state index >= 15 is 0 Å². The minimum absolute atomic E-state index is 0.00170. The second kappa shape index (κ2) is 9.87. The Morgan fingerprint density at radius 2 is 2.07 bits per heavy atom. The predicted molar refractivity (Wildman–Crippen MR) is 102 cm³/mol. The zero-order valence-electron chi connectivity index (χ0n) is 16.4. The Kier molecular flexibility index (Phi) is 7.54. The van der Waals surface area contributed by atoms with Crippen LogP contribution in [0.5, 0.6) is 11.5 Å². The van der Waals surface area contributed by atoms with Crippen LogP contribution < -0.4 is 9.47 Å². The molecule has 0 aliphatic rings. The van der Waals surface area contributed by atoms with Crippen molar-refractivity contribution in [3.8, 4) is 11.5 Å². The van der Waals surface area contributed by atoms with E-state index in [1.807, 2.05) is 27.1 Å². The Morgan fingerprint density at radius 1 is 1.32 bits per heavy atom. The number of rotatable bonds is 9. The minimum Gasteiger partial charge on any atom is -0.490 e. The first-order chi connectivity index (χ1) is 13.3. The lowest BCUT2D eigenvalue weighted by molar-refractivity contribution is -0.128. The quantitative estimate of drug-likeness (QED) is 0.607. The molecule has 0 fully saturated rings. The van der Waals surface area contributed by atoms with Gasteiger partial charge in [0.05, 0.1) is 12.8 Å². The number of amides is 1. The van der Waals surface area contributed by atoms with Gasteiger partial charge in [-0.2, -0.15) is 13.9 Å². The van der Waals surface area contributed by atoms with Crippen LogP contribution in [0.15, 0.2) is 36.7 Å². The number of nitrogens with zero attached hydrogens (tertiary/aromatic N) is 3. The molecule has 0 unspecified atom stereocenters. The van der Waals surface area contributed by atoms with E-state index in [2.05, 4.69) is 9.84 Å². The molecule has 2 aromatic rings. The van der Waals surface area contributed by atoms with Gasteiger partial charge in [-0.3, -0.25) is 9.48 Å². The second-order valence-corrected chi connectivity index (χ2v) is 6.43. The molecule has 0 aliphatic heterocycles. The largest absolute Gasteiger partial charge is 0.490 e. The third-order valence-corrected chi connectivity index (χ3v) is 3.92. The zero-order valence-corrected chi connectivity index (χ0v) is 16.4. The van der Waals surface area contributed by atoms with E-state index < -0.39 is 6.61 Å². The Hall–Kier alpha value is -2.90. The Bertz CT molecular complexity index is 819. The lowest BCUT2D eigenvalue weighted by atomic mass is 10.1. The summed E-state index contributed by atoms with van der Waals surface area (Å²) in [5, 5.41) is 4.12. The van der Waals surface area contributed by atoms with Crippen LogP contribution in [0, 0.1) is 0 Å². The molecule has 1 aromatic carbocycles. The fourth-order valence-electron chi connectivity index (χ4n) is 2.62. The molecule has 0 spiro atoms. The molecule has 0 bridgehead atoms. The molecule has 0 saturated carbocycles. The van der Waals surface area contributed by atoms with Crippen molar-refractivity contribution >= 4 is 12.0 Å². The Morgan fingerprint density at radius 3 is 2.64 bits per heavy atom. The molecule has 0 N–H and O–H groups in total. The maximum Gasteiger partial charge on any atom is 0.387 e. The molecule has 0 aliphatic carbocycles. The van der Waals surface area contributed by atoms with Crippen molar-refractivity contribution in [3.63, 3.8) is 0 Å². The lowest BCUT2D eigenvalue weighted by Crippen LogP contribution is -2.35. The van der Waals surface area contributed by atoms with Gasteiger partial charge in [-0.05, 0) is 44.5 Å². The molecule has 0 saturated heterocycles. The van der Waals surface area contributed by atoms with Gasteiger partial charge in [0.15, 0.2) is 11.5 Å². The first-order valence-corrected chi connectivity index (χ1v) is 8.98. The van der Waals surface area contributed by atoms with E-state index in [4.69, 9.17) is 4.74 Å². The number of halogens is 2. The van der Waals surface area contributed by atoms with Gasteiger partial charge in [0.1, 0.15) is 0 Å². The summed E-state index contributed by atoms with van der Waals surface area (Å²) in [6, 6.07) is 4.55. The fourth-order valence-corrected chi connectivity index (χ4v) is 2.62. The first kappa shape index (κ1) is 21.4. The highest BCUT2D eigenvalue weighted by Crippen LogP contribution is 2.30. The third-order valence-electron chi connectivity index (χ3n) is 3.92. The number of benzene rings is 1. The first-order valence-electron chi connectivity index (χ1n) is 8.98. The summed E-state index contributed by atoms with van der Waals surface area (Å²) in [5.41, 5.74) is 1.58. The summed E-state index contributed by atoms with van der Waals surface area (Å²) < 4.78 is 36.5. The van der Waals surface area contributed by atoms with Crippen LogP contribution in [0.3, 0.4) is 0 Å². The average Bonchev–Trinajstić information content (AvgIpc) is 3.04. The molecule has 28 heavy (non-hydrogen) atoms. The number of carbonyl (C=O) groups is 1. The van der Waals surface area contributed by atoms with E-state index in [0.29, 0.717) is 18.7 Å². The minimum atomic E-state index is -2.94. The van der Waals surface area contributed by atoms with Crippen molar-refractivity contribution in [2.45, 2.75) is 40.0 Å². The van der Waals surface area contributed by atoms with Crippen LogP contribution in [0.25, 0.3) is 6.08 Å². The highest BCUT2D eigenvalue weighted by molar-refractivity contribution is 5.92. The zero-order chi connectivity index (χ0) is 20.7. The van der Waals surface area contributed by atoms with Gasteiger partial charge in [-0.25, -0.2) is 0 Å². The summed E-state index contributed by atoms with van der Waals surface area (Å²) in [6.45, 7) is 3.43. The Labute approximate surface area is 163 Å². The summed E-state index contributed by atoms with van der Waals surface area (Å²) in [5.74, 6) is -0.00101. The number of aryl methyl sites for hydroxylation is 1. The molecule has 6 nitrogen and oxygen atoms in total. The summed E-state index contributed by atoms with van der Waals surface area (Å²) in [6.07, 6.45) is 6.66. The van der Waals surface area contributed by atoms with Gasteiger partial charge in [0.25, 0.3) is 0 Å². The van der Waals surface area contributed by atoms with Crippen LogP contribution in [0.4, 0.5) is 8.78 Å². The van der Waals surface area contributed by atoms with Crippen molar-refractivity contribution < 1.29 is 23.0 Å². The normalized spacial score (nSPS) is 11.4. The van der Waals surface area contributed by atoms with Crippen LogP contribution >= 0.6 is 0 Å². The average molecular weight is 393 g/mol. The number of alkyl halides is 2. The lowest BCUT2D eigenvalue weighted by Gasteiger charge is -2.25. The van der Waals surface area contributed by atoms with Crippen molar-refractivity contribution in [1.29, 1.82) is 0 Å². The highest BCUT2D eigenvalue weighted by atomic mass is 19.3. The standard InChI is InChI=1S/C20H25F2N3O3/c1-5-27-18-10-15(6-8-17(18)28-20(21)22)7-9-19(26)25(14(2)3)13-16-11-23-24(4)12-16/h6-12,14,20H,5,13H2,1-4H3. The topological polar surface area (TPSA) is 56.6 Å². The number of ether oxygens (including phenoxy) is 2. The predicted octanol–water partition coefficient (Wildman–Crippen LogP) is 3.87. The van der Waals surface area contributed by atoms with Crippen LogP contribution in [-0.4, -0.2) is 39.8 Å². The van der Waals surface area contributed by atoms with Crippen LogP contribution in [-0.2, 0) is 18.4 Å². The molecule has 152 valence electrons. The van der Waals surface area contributed by atoms with Crippen LogP contribution in [0.2, 0.25) is 0 Å². The molecular formula is C20H25F2N3O3. The van der Waals surface area contributed by atoms with Crippen molar-refractivity contribution in [2.24, 2.45) is 7.05 Å². The number of carbonyl (C=O) groups excluding carboxylic acids is 1. The third kappa shape index (κ3) is 6.07. The fraction of sp³-hybridized carbons (Fsp3) is 0.400. The number of aromatic nitrogens is 2. The van der Waals surface area contributed by atoms with E-state index in [0.717, 1.165) is 5.56 Å². The molecule has 0 radical (unpaired) electrons. The monoisotopic (exact) mass is 393 g/mol. The second-order valence-electron chi connectivity index (χ2n) is 6.43. The van der Waals surface area contributed by atoms with E-state index in [1.165, 1.54) is 12.1 Å². The van der Waals surface area contributed by atoms with Gasteiger partial charge in [0, 0.05) is 37.5 Å². The molecule has 0 atom stereocenters. The van der Waals surface area contributed by atoms with Gasteiger partial charge in [0.2, 0.25) is 5.91 Å². The molecular weight excluding hydrogens is 368 g/mol. The molecule has 2 rings (SSSR count). The van der Waals surface area contributed by atoms with Gasteiger partial charge >= 0.3 is 6.61 Å². The molecule has 8 heteroatoms. The van der Waals surface area contributed by atoms with Crippen molar-refractivity contribution in [1.82, 2.24) is 14.7 Å². The van der Waals surface area contributed by atoms with E-state index in [9.17, 15) is 13.6 Å². The number of hydrogen-bond donors (Lipinski definition) is 0. The molecule has 1 heterocycles. The van der Waals surface area contributed by atoms with Gasteiger partial charge in [-0.1, -0.05) is 6.07 Å². The van der Waals surface area contributed by atoms with Gasteiger partial charge in [-0.15, -0.1) is 0 Å². The molecule has 1 amide bonds. The maximum absolute atomic E-state index is 12.6.